The first-order valence-corrected chi connectivity index (χ1v) is 11.6. The van der Waals surface area contributed by atoms with Gasteiger partial charge < -0.3 is 5.32 Å². The van der Waals surface area contributed by atoms with E-state index in [2.05, 4.69) is 19.2 Å². The summed E-state index contributed by atoms with van der Waals surface area (Å²) in [6.07, 6.45) is 0. The van der Waals surface area contributed by atoms with Gasteiger partial charge in [0.2, 0.25) is 5.91 Å². The third kappa shape index (κ3) is 4.75. The van der Waals surface area contributed by atoms with E-state index in [1.165, 1.54) is 11.8 Å². The number of nitrogens with one attached hydrogen (secondary N) is 1. The van der Waals surface area contributed by atoms with Crippen molar-refractivity contribution < 1.29 is 4.79 Å². The fourth-order valence-electron chi connectivity index (χ4n) is 3.58. The van der Waals surface area contributed by atoms with Crippen LogP contribution in [-0.2, 0) is 11.3 Å². The van der Waals surface area contributed by atoms with Crippen LogP contribution < -0.4 is 10.9 Å². The molecule has 0 saturated heterocycles. The minimum Gasteiger partial charge on any atom is -0.351 e. The minimum atomic E-state index is -0.129. The molecule has 0 bridgehead atoms. The standard InChI is InChI=1S/C26H25N3O2S/c1-18(2)20-12-7-9-15-23(20)29-25(31)21-13-6-8-14-22(21)28-26(29)32-17-24(30)27-16-19-10-4-3-5-11-19/h3-15,18H,16-17H2,1-2H3,(H,27,30). The van der Waals surface area contributed by atoms with E-state index in [0.717, 1.165) is 16.8 Å². The SMILES string of the molecule is CC(C)c1ccccc1-n1c(SCC(=O)NCc2ccccc2)nc2ccccc2c1=O. The molecule has 3 aromatic carbocycles. The van der Waals surface area contributed by atoms with Crippen LogP contribution >= 0.6 is 11.8 Å². The highest BCUT2D eigenvalue weighted by atomic mass is 32.2. The van der Waals surface area contributed by atoms with E-state index >= 15 is 0 Å². The number of hydrogen-bond donors (Lipinski definition) is 1. The molecule has 6 heteroatoms. The molecular formula is C26H25N3O2S. The molecule has 1 N–H and O–H groups in total. The normalized spacial score (nSPS) is 11.1. The van der Waals surface area contributed by atoms with E-state index in [1.807, 2.05) is 72.8 Å². The quantitative estimate of drug-likeness (QED) is 0.325. The number of carbonyl (C=O) groups is 1. The van der Waals surface area contributed by atoms with Crippen molar-refractivity contribution in [3.05, 3.63) is 100 Å². The number of aromatic nitrogens is 2. The summed E-state index contributed by atoms with van der Waals surface area (Å²) in [5.41, 5.74) is 3.40. The van der Waals surface area contributed by atoms with Crippen molar-refractivity contribution in [1.29, 1.82) is 0 Å². The van der Waals surface area contributed by atoms with Gasteiger partial charge in [0, 0.05) is 6.54 Å². The van der Waals surface area contributed by atoms with E-state index in [1.54, 1.807) is 10.6 Å². The number of para-hydroxylation sites is 2. The van der Waals surface area contributed by atoms with Gasteiger partial charge in [0.15, 0.2) is 5.16 Å². The highest BCUT2D eigenvalue weighted by molar-refractivity contribution is 7.99. The van der Waals surface area contributed by atoms with Crippen molar-refractivity contribution in [3.63, 3.8) is 0 Å². The van der Waals surface area contributed by atoms with Crippen LogP contribution in [0.2, 0.25) is 0 Å². The maximum absolute atomic E-state index is 13.5. The Morgan fingerprint density at radius 1 is 0.969 bits per heavy atom. The molecule has 0 saturated carbocycles. The van der Waals surface area contributed by atoms with Gasteiger partial charge in [-0.05, 0) is 35.2 Å². The van der Waals surface area contributed by atoms with Crippen molar-refractivity contribution in [2.75, 3.05) is 5.75 Å². The Kier molecular flexibility index (Phi) is 6.71. The molecule has 5 nitrogen and oxygen atoms in total. The van der Waals surface area contributed by atoms with Gasteiger partial charge in [-0.15, -0.1) is 0 Å². The van der Waals surface area contributed by atoms with Crippen LogP contribution in [0.3, 0.4) is 0 Å². The molecule has 0 aliphatic carbocycles. The Morgan fingerprint density at radius 2 is 1.66 bits per heavy atom. The Bertz CT molecular complexity index is 1300. The van der Waals surface area contributed by atoms with Crippen molar-refractivity contribution in [1.82, 2.24) is 14.9 Å². The smallest absolute Gasteiger partial charge is 0.266 e. The second kappa shape index (κ2) is 9.83. The van der Waals surface area contributed by atoms with Crippen LogP contribution in [0.4, 0.5) is 0 Å². The summed E-state index contributed by atoms with van der Waals surface area (Å²) in [5.74, 6) is 0.295. The summed E-state index contributed by atoms with van der Waals surface area (Å²) in [6.45, 7) is 4.67. The Morgan fingerprint density at radius 3 is 2.44 bits per heavy atom. The summed E-state index contributed by atoms with van der Waals surface area (Å²) in [5, 5.41) is 4.00. The predicted octanol–water partition coefficient (Wildman–Crippen LogP) is 4.92. The highest BCUT2D eigenvalue weighted by Crippen LogP contribution is 2.27. The number of rotatable bonds is 7. The lowest BCUT2D eigenvalue weighted by atomic mass is 10.0. The number of amides is 1. The van der Waals surface area contributed by atoms with Gasteiger partial charge in [0.05, 0.1) is 22.3 Å². The van der Waals surface area contributed by atoms with Crippen LogP contribution in [0.1, 0.15) is 30.9 Å². The number of thioether (sulfide) groups is 1. The molecule has 0 aliphatic heterocycles. The third-order valence-electron chi connectivity index (χ3n) is 5.21. The predicted molar refractivity (Wildman–Crippen MR) is 130 cm³/mol. The zero-order valence-corrected chi connectivity index (χ0v) is 18.9. The van der Waals surface area contributed by atoms with E-state index < -0.39 is 0 Å². The summed E-state index contributed by atoms with van der Waals surface area (Å²) in [6, 6.07) is 25.0. The highest BCUT2D eigenvalue weighted by Gasteiger charge is 2.17. The van der Waals surface area contributed by atoms with Crippen LogP contribution in [0, 0.1) is 0 Å². The molecule has 4 rings (SSSR count). The molecule has 32 heavy (non-hydrogen) atoms. The lowest BCUT2D eigenvalue weighted by Gasteiger charge is -2.18. The molecule has 0 aliphatic rings. The van der Waals surface area contributed by atoms with Gasteiger partial charge in [0.1, 0.15) is 0 Å². The number of fused-ring (bicyclic) bond motifs is 1. The molecule has 0 fully saturated rings. The fraction of sp³-hybridized carbons (Fsp3) is 0.192. The number of nitrogens with zero attached hydrogens (tertiary/aromatic N) is 2. The first-order chi connectivity index (χ1) is 15.5. The molecule has 1 aromatic heterocycles. The van der Waals surface area contributed by atoms with Gasteiger partial charge in [-0.25, -0.2) is 4.98 Å². The van der Waals surface area contributed by atoms with E-state index in [4.69, 9.17) is 4.98 Å². The molecule has 0 spiro atoms. The summed E-state index contributed by atoms with van der Waals surface area (Å²) < 4.78 is 1.65. The summed E-state index contributed by atoms with van der Waals surface area (Å²) in [4.78, 5) is 30.8. The zero-order valence-electron chi connectivity index (χ0n) is 18.1. The first kappa shape index (κ1) is 21.8. The molecule has 1 heterocycles. The Hall–Kier alpha value is -3.38. The van der Waals surface area contributed by atoms with Crippen LogP contribution in [0.5, 0.6) is 0 Å². The molecule has 0 atom stereocenters. The first-order valence-electron chi connectivity index (χ1n) is 10.6. The lowest BCUT2D eigenvalue weighted by Crippen LogP contribution is -2.26. The van der Waals surface area contributed by atoms with Crippen molar-refractivity contribution in [3.8, 4) is 5.69 Å². The average Bonchev–Trinajstić information content (AvgIpc) is 2.82. The van der Waals surface area contributed by atoms with E-state index in [-0.39, 0.29) is 23.1 Å². The second-order valence-corrected chi connectivity index (χ2v) is 8.76. The van der Waals surface area contributed by atoms with Gasteiger partial charge in [-0.1, -0.05) is 86.3 Å². The lowest BCUT2D eigenvalue weighted by molar-refractivity contribution is -0.118. The third-order valence-corrected chi connectivity index (χ3v) is 6.15. The minimum absolute atomic E-state index is 0.107. The fourth-order valence-corrected chi connectivity index (χ4v) is 4.41. The largest absolute Gasteiger partial charge is 0.351 e. The molecule has 4 aromatic rings. The number of benzene rings is 3. The average molecular weight is 444 g/mol. The Balaban J connectivity index is 1.67. The molecule has 162 valence electrons. The van der Waals surface area contributed by atoms with E-state index in [9.17, 15) is 9.59 Å². The number of carbonyl (C=O) groups excluding carboxylic acids is 1. The molecule has 0 unspecified atom stereocenters. The maximum Gasteiger partial charge on any atom is 0.266 e. The van der Waals surface area contributed by atoms with Gasteiger partial charge >= 0.3 is 0 Å². The van der Waals surface area contributed by atoms with Gasteiger partial charge in [0.25, 0.3) is 5.56 Å². The molecular weight excluding hydrogens is 418 g/mol. The van der Waals surface area contributed by atoms with Crippen LogP contribution in [0.15, 0.2) is 88.8 Å². The second-order valence-electron chi connectivity index (χ2n) is 7.82. The topological polar surface area (TPSA) is 64.0 Å². The van der Waals surface area contributed by atoms with Crippen molar-refractivity contribution >= 4 is 28.6 Å². The van der Waals surface area contributed by atoms with Crippen molar-refractivity contribution in [2.45, 2.75) is 31.5 Å². The van der Waals surface area contributed by atoms with Gasteiger partial charge in [-0.3, -0.25) is 14.2 Å². The van der Waals surface area contributed by atoms with Crippen LogP contribution in [0.25, 0.3) is 16.6 Å². The maximum atomic E-state index is 13.5. The van der Waals surface area contributed by atoms with E-state index in [0.29, 0.717) is 22.6 Å². The monoisotopic (exact) mass is 443 g/mol. The Labute approximate surface area is 191 Å². The zero-order chi connectivity index (χ0) is 22.5. The van der Waals surface area contributed by atoms with Gasteiger partial charge in [-0.2, -0.15) is 0 Å². The van der Waals surface area contributed by atoms with Crippen LogP contribution in [-0.4, -0.2) is 21.2 Å². The molecule has 0 radical (unpaired) electrons. The van der Waals surface area contributed by atoms with Crippen molar-refractivity contribution in [2.24, 2.45) is 0 Å². The summed E-state index contributed by atoms with van der Waals surface area (Å²) >= 11 is 1.27. The number of hydrogen-bond acceptors (Lipinski definition) is 4. The molecule has 1 amide bonds. The summed E-state index contributed by atoms with van der Waals surface area (Å²) in [7, 11) is 0.